The Balaban J connectivity index is 3.82. The van der Waals surface area contributed by atoms with Gasteiger partial charge in [0.1, 0.15) is 5.69 Å². The first-order valence-electron chi connectivity index (χ1n) is 4.30. The molecule has 1 heterocycles. The summed E-state index contributed by atoms with van der Waals surface area (Å²) in [5.74, 6) is 2.20. The highest BCUT2D eigenvalue weighted by molar-refractivity contribution is 5.32. The number of nitrogens with zero attached hydrogens (tertiary/aromatic N) is 3. The lowest BCUT2D eigenvalue weighted by Gasteiger charge is -2.08. The lowest BCUT2D eigenvalue weighted by molar-refractivity contribution is -0.387. The summed E-state index contributed by atoms with van der Waals surface area (Å²) in [5.41, 5.74) is -2.25. The molecule has 0 aromatic carbocycles. The van der Waals surface area contributed by atoms with Crippen LogP contribution >= 0.6 is 0 Å². The van der Waals surface area contributed by atoms with Gasteiger partial charge < -0.3 is 0 Å². The summed E-state index contributed by atoms with van der Waals surface area (Å²) in [5, 5.41) is 10.7. The van der Waals surface area contributed by atoms with Crippen LogP contribution in [0.15, 0.2) is 9.59 Å². The molecule has 0 spiro atoms. The predicted octanol–water partition coefficient (Wildman–Crippen LogP) is -0.603. The van der Waals surface area contributed by atoms with Gasteiger partial charge in [-0.3, -0.25) is 24.0 Å². The van der Waals surface area contributed by atoms with Crippen molar-refractivity contribution in [3.8, 4) is 12.3 Å². The van der Waals surface area contributed by atoms with Crippen LogP contribution in [-0.2, 0) is 13.6 Å². The Labute approximate surface area is 90.1 Å². The molecular formula is C9H9N3O4. The summed E-state index contributed by atoms with van der Waals surface area (Å²) in [7, 11) is 1.17. The van der Waals surface area contributed by atoms with E-state index in [0.717, 1.165) is 4.57 Å². The Morgan fingerprint density at radius 1 is 1.50 bits per heavy atom. The number of terminal acetylenes is 1. The third-order valence-electron chi connectivity index (χ3n) is 2.20. The largest absolute Gasteiger partial charge is 0.353 e. The second-order valence-corrected chi connectivity index (χ2v) is 3.13. The lowest BCUT2D eigenvalue weighted by atomic mass is 10.3. The van der Waals surface area contributed by atoms with Crippen molar-refractivity contribution in [2.24, 2.45) is 7.05 Å². The summed E-state index contributed by atoms with van der Waals surface area (Å²) in [6.45, 7) is 1.21. The van der Waals surface area contributed by atoms with Crippen LogP contribution in [0.2, 0.25) is 0 Å². The Bertz CT molecular complexity index is 603. The first-order valence-corrected chi connectivity index (χ1v) is 4.30. The zero-order chi connectivity index (χ0) is 12.5. The average Bonchev–Trinajstić information content (AvgIpc) is 2.21. The fourth-order valence-electron chi connectivity index (χ4n) is 1.34. The van der Waals surface area contributed by atoms with Gasteiger partial charge in [-0.2, -0.15) is 0 Å². The molecular weight excluding hydrogens is 214 g/mol. The van der Waals surface area contributed by atoms with Crippen LogP contribution < -0.4 is 11.2 Å². The molecule has 84 valence electrons. The van der Waals surface area contributed by atoms with Crippen molar-refractivity contribution in [2.75, 3.05) is 0 Å². The molecule has 0 unspecified atom stereocenters. The number of nitro groups is 1. The van der Waals surface area contributed by atoms with Crippen LogP contribution in [0.3, 0.4) is 0 Å². The minimum Gasteiger partial charge on any atom is -0.279 e. The van der Waals surface area contributed by atoms with Gasteiger partial charge >= 0.3 is 16.9 Å². The number of rotatable bonds is 2. The Kier molecular flexibility index (Phi) is 2.94. The second-order valence-electron chi connectivity index (χ2n) is 3.13. The van der Waals surface area contributed by atoms with Crippen LogP contribution in [0, 0.1) is 29.4 Å². The fourth-order valence-corrected chi connectivity index (χ4v) is 1.34. The van der Waals surface area contributed by atoms with Crippen molar-refractivity contribution >= 4 is 5.69 Å². The Morgan fingerprint density at radius 3 is 2.50 bits per heavy atom. The van der Waals surface area contributed by atoms with Gasteiger partial charge in [0.05, 0.1) is 11.5 Å². The average molecular weight is 223 g/mol. The van der Waals surface area contributed by atoms with Gasteiger partial charge in [0, 0.05) is 7.05 Å². The van der Waals surface area contributed by atoms with Gasteiger partial charge in [0.2, 0.25) is 0 Å². The monoisotopic (exact) mass is 223 g/mol. The van der Waals surface area contributed by atoms with Gasteiger partial charge in [0.15, 0.2) is 0 Å². The van der Waals surface area contributed by atoms with Crippen LogP contribution in [0.25, 0.3) is 0 Å². The number of hydrogen-bond donors (Lipinski definition) is 0. The highest BCUT2D eigenvalue weighted by atomic mass is 16.6. The SMILES string of the molecule is C#CCn1c(C)c([N+](=O)[O-])c(=O)n(C)c1=O. The zero-order valence-corrected chi connectivity index (χ0v) is 8.76. The normalized spacial score (nSPS) is 9.81. The van der Waals surface area contributed by atoms with Gasteiger partial charge in [-0.15, -0.1) is 6.42 Å². The molecule has 0 bridgehead atoms. The van der Waals surface area contributed by atoms with E-state index in [9.17, 15) is 19.7 Å². The standard InChI is InChI=1S/C9H9N3O4/c1-4-5-11-6(2)7(12(15)16)8(13)10(3)9(11)14/h1H,5H2,2-3H3. The van der Waals surface area contributed by atoms with Crippen LogP contribution in [0.4, 0.5) is 5.69 Å². The summed E-state index contributed by atoms with van der Waals surface area (Å²) in [4.78, 5) is 32.9. The van der Waals surface area contributed by atoms with E-state index >= 15 is 0 Å². The van der Waals surface area contributed by atoms with Gasteiger partial charge in [0.25, 0.3) is 0 Å². The summed E-state index contributed by atoms with van der Waals surface area (Å²) in [6, 6.07) is 0. The quantitative estimate of drug-likeness (QED) is 0.380. The van der Waals surface area contributed by atoms with Crippen LogP contribution in [-0.4, -0.2) is 14.1 Å². The topological polar surface area (TPSA) is 87.1 Å². The molecule has 0 saturated carbocycles. The molecule has 7 nitrogen and oxygen atoms in total. The van der Waals surface area contributed by atoms with Crippen LogP contribution in [0.1, 0.15) is 5.69 Å². The summed E-state index contributed by atoms with van der Waals surface area (Å²) < 4.78 is 1.68. The van der Waals surface area contributed by atoms with E-state index in [0.29, 0.717) is 4.57 Å². The third kappa shape index (κ3) is 1.61. The molecule has 0 N–H and O–H groups in total. The van der Waals surface area contributed by atoms with E-state index in [4.69, 9.17) is 6.42 Å². The third-order valence-corrected chi connectivity index (χ3v) is 2.20. The molecule has 0 atom stereocenters. The Hall–Kier alpha value is -2.36. The van der Waals surface area contributed by atoms with Gasteiger partial charge in [-0.05, 0) is 6.92 Å². The molecule has 16 heavy (non-hydrogen) atoms. The van der Waals surface area contributed by atoms with E-state index in [1.54, 1.807) is 0 Å². The van der Waals surface area contributed by atoms with Crippen molar-refractivity contribution in [3.63, 3.8) is 0 Å². The van der Waals surface area contributed by atoms with Gasteiger partial charge in [-0.1, -0.05) is 5.92 Å². The highest BCUT2D eigenvalue weighted by Crippen LogP contribution is 2.08. The molecule has 1 rings (SSSR count). The molecule has 1 aromatic heterocycles. The van der Waals surface area contributed by atoms with Crippen LogP contribution in [0.5, 0.6) is 0 Å². The maximum absolute atomic E-state index is 11.6. The first-order chi connectivity index (χ1) is 7.41. The molecule has 0 aliphatic carbocycles. The molecule has 0 saturated heterocycles. The molecule has 0 amide bonds. The van der Waals surface area contributed by atoms with E-state index < -0.39 is 21.9 Å². The maximum Gasteiger partial charge on any atom is 0.353 e. The minimum absolute atomic E-state index is 0.0314. The second kappa shape index (κ2) is 4.02. The molecule has 0 aliphatic heterocycles. The maximum atomic E-state index is 11.6. The summed E-state index contributed by atoms with van der Waals surface area (Å²) in [6.07, 6.45) is 5.05. The van der Waals surface area contributed by atoms with Gasteiger partial charge in [-0.25, -0.2) is 4.79 Å². The molecule has 0 radical (unpaired) electrons. The van der Waals surface area contributed by atoms with Crippen molar-refractivity contribution in [1.29, 1.82) is 0 Å². The van der Waals surface area contributed by atoms with E-state index in [1.807, 2.05) is 0 Å². The fraction of sp³-hybridized carbons (Fsp3) is 0.333. The predicted molar refractivity (Wildman–Crippen MR) is 56.2 cm³/mol. The smallest absolute Gasteiger partial charge is 0.279 e. The number of hydrogen-bond acceptors (Lipinski definition) is 4. The zero-order valence-electron chi connectivity index (χ0n) is 8.76. The van der Waals surface area contributed by atoms with Crippen molar-refractivity contribution in [2.45, 2.75) is 13.5 Å². The summed E-state index contributed by atoms with van der Waals surface area (Å²) >= 11 is 0. The molecule has 1 aromatic rings. The molecule has 0 aliphatic rings. The highest BCUT2D eigenvalue weighted by Gasteiger charge is 2.22. The van der Waals surface area contributed by atoms with Crippen molar-refractivity contribution < 1.29 is 4.92 Å². The molecule has 0 fully saturated rings. The molecule has 7 heteroatoms. The van der Waals surface area contributed by atoms with E-state index in [-0.39, 0.29) is 12.2 Å². The lowest BCUT2D eigenvalue weighted by Crippen LogP contribution is -2.40. The number of aromatic nitrogens is 2. The van der Waals surface area contributed by atoms with E-state index in [2.05, 4.69) is 5.92 Å². The van der Waals surface area contributed by atoms with Crippen molar-refractivity contribution in [3.05, 3.63) is 36.6 Å². The Morgan fingerprint density at radius 2 is 2.06 bits per heavy atom. The van der Waals surface area contributed by atoms with E-state index in [1.165, 1.54) is 14.0 Å². The minimum atomic E-state index is -0.930. The van der Waals surface area contributed by atoms with Crippen molar-refractivity contribution in [1.82, 2.24) is 9.13 Å². The first kappa shape index (κ1) is 11.7.